The molecule has 0 aromatic rings. The summed E-state index contributed by atoms with van der Waals surface area (Å²) in [5.74, 6) is 0.218. The molecule has 0 aliphatic rings. The van der Waals surface area contributed by atoms with E-state index < -0.39 is 6.04 Å². The van der Waals surface area contributed by atoms with E-state index in [9.17, 15) is 4.79 Å². The standard InChI is InChI=1S/C8H18N2O2/c1-6(5-12-3)4-10-8(11)7(2)9/h6-7H,4-5,9H2,1-3H3,(H,10,11)/t6?,7-/m0/s1. The molecule has 0 radical (unpaired) electrons. The Morgan fingerprint density at radius 1 is 1.58 bits per heavy atom. The lowest BCUT2D eigenvalue weighted by Gasteiger charge is -2.12. The second-order valence-electron chi connectivity index (χ2n) is 3.09. The lowest BCUT2D eigenvalue weighted by Crippen LogP contribution is -2.40. The van der Waals surface area contributed by atoms with Crippen molar-refractivity contribution in [3.8, 4) is 0 Å². The van der Waals surface area contributed by atoms with Gasteiger partial charge in [-0.3, -0.25) is 4.79 Å². The Hall–Kier alpha value is -0.610. The van der Waals surface area contributed by atoms with Gasteiger partial charge in [-0.05, 0) is 12.8 Å². The molecule has 4 nitrogen and oxygen atoms in total. The second kappa shape index (κ2) is 5.97. The second-order valence-corrected chi connectivity index (χ2v) is 3.09. The molecular formula is C8H18N2O2. The lowest BCUT2D eigenvalue weighted by atomic mass is 10.2. The van der Waals surface area contributed by atoms with Gasteiger partial charge in [0.25, 0.3) is 0 Å². The Morgan fingerprint density at radius 2 is 2.17 bits per heavy atom. The maximum atomic E-state index is 11.0. The summed E-state index contributed by atoms with van der Waals surface area (Å²) in [4.78, 5) is 11.0. The molecule has 0 aromatic heterocycles. The van der Waals surface area contributed by atoms with Crippen LogP contribution in [0.25, 0.3) is 0 Å². The first-order valence-electron chi connectivity index (χ1n) is 4.10. The number of carbonyl (C=O) groups excluding carboxylic acids is 1. The van der Waals surface area contributed by atoms with Gasteiger partial charge in [0.2, 0.25) is 5.91 Å². The first-order valence-corrected chi connectivity index (χ1v) is 4.10. The first kappa shape index (κ1) is 11.4. The summed E-state index contributed by atoms with van der Waals surface area (Å²) in [5, 5.41) is 2.72. The fourth-order valence-corrected chi connectivity index (χ4v) is 0.779. The van der Waals surface area contributed by atoms with Crippen LogP contribution < -0.4 is 11.1 Å². The maximum Gasteiger partial charge on any atom is 0.236 e. The zero-order valence-electron chi connectivity index (χ0n) is 7.96. The van der Waals surface area contributed by atoms with Gasteiger partial charge in [-0.15, -0.1) is 0 Å². The highest BCUT2D eigenvalue weighted by Gasteiger charge is 2.08. The average Bonchev–Trinajstić information content (AvgIpc) is 2.00. The van der Waals surface area contributed by atoms with Gasteiger partial charge in [0, 0.05) is 13.7 Å². The summed E-state index contributed by atoms with van der Waals surface area (Å²) in [7, 11) is 1.64. The van der Waals surface area contributed by atoms with E-state index in [1.54, 1.807) is 14.0 Å². The van der Waals surface area contributed by atoms with Crippen LogP contribution in [0.3, 0.4) is 0 Å². The summed E-state index contributed by atoms with van der Waals surface area (Å²) in [6.45, 7) is 4.94. The van der Waals surface area contributed by atoms with Crippen molar-refractivity contribution in [3.63, 3.8) is 0 Å². The van der Waals surface area contributed by atoms with Gasteiger partial charge in [-0.2, -0.15) is 0 Å². The number of amides is 1. The topological polar surface area (TPSA) is 64.3 Å². The fourth-order valence-electron chi connectivity index (χ4n) is 0.779. The van der Waals surface area contributed by atoms with E-state index in [-0.39, 0.29) is 5.91 Å². The van der Waals surface area contributed by atoms with Gasteiger partial charge in [0.15, 0.2) is 0 Å². The highest BCUT2D eigenvalue weighted by molar-refractivity contribution is 5.80. The Kier molecular flexibility index (Phi) is 5.66. The van der Waals surface area contributed by atoms with Gasteiger partial charge < -0.3 is 15.8 Å². The SMILES string of the molecule is COCC(C)CNC(=O)[C@H](C)N. The normalized spacial score (nSPS) is 15.3. The van der Waals surface area contributed by atoms with E-state index in [1.165, 1.54) is 0 Å². The minimum atomic E-state index is -0.431. The first-order chi connectivity index (χ1) is 5.57. The minimum absolute atomic E-state index is 0.113. The van der Waals surface area contributed by atoms with Gasteiger partial charge in [-0.1, -0.05) is 6.92 Å². The molecule has 0 bridgehead atoms. The van der Waals surface area contributed by atoms with E-state index in [0.29, 0.717) is 19.1 Å². The van der Waals surface area contributed by atoms with E-state index in [4.69, 9.17) is 10.5 Å². The number of nitrogens with two attached hydrogens (primary N) is 1. The molecule has 1 amide bonds. The number of carbonyl (C=O) groups is 1. The van der Waals surface area contributed by atoms with Crippen LogP contribution in [0.2, 0.25) is 0 Å². The number of methoxy groups -OCH3 is 1. The van der Waals surface area contributed by atoms with Crippen molar-refractivity contribution in [3.05, 3.63) is 0 Å². The van der Waals surface area contributed by atoms with Crippen LogP contribution in [0.15, 0.2) is 0 Å². The molecule has 0 aliphatic carbocycles. The van der Waals surface area contributed by atoms with E-state index in [2.05, 4.69) is 5.32 Å². The molecule has 0 aromatic carbocycles. The number of hydrogen-bond acceptors (Lipinski definition) is 3. The fraction of sp³-hybridized carbons (Fsp3) is 0.875. The lowest BCUT2D eigenvalue weighted by molar-refractivity contribution is -0.122. The molecule has 72 valence electrons. The van der Waals surface area contributed by atoms with Crippen LogP contribution in [0.5, 0.6) is 0 Å². The molecule has 0 fully saturated rings. The predicted octanol–water partition coefficient (Wildman–Crippen LogP) is -0.268. The van der Waals surface area contributed by atoms with Crippen LogP contribution in [0.1, 0.15) is 13.8 Å². The van der Waals surface area contributed by atoms with Crippen LogP contribution in [-0.2, 0) is 9.53 Å². The Bertz CT molecular complexity index is 137. The van der Waals surface area contributed by atoms with Crippen LogP contribution in [0.4, 0.5) is 0 Å². The number of hydrogen-bond donors (Lipinski definition) is 2. The molecule has 0 spiro atoms. The zero-order valence-corrected chi connectivity index (χ0v) is 7.96. The molecule has 0 saturated carbocycles. The Labute approximate surface area is 73.5 Å². The molecule has 1 unspecified atom stereocenters. The third kappa shape index (κ3) is 5.09. The highest BCUT2D eigenvalue weighted by Crippen LogP contribution is 1.92. The Balaban J connectivity index is 3.47. The van der Waals surface area contributed by atoms with Crippen molar-refractivity contribution in [1.29, 1.82) is 0 Å². The molecule has 0 aliphatic heterocycles. The van der Waals surface area contributed by atoms with Crippen LogP contribution in [0, 0.1) is 5.92 Å². The van der Waals surface area contributed by atoms with E-state index in [0.717, 1.165) is 0 Å². The quantitative estimate of drug-likeness (QED) is 0.603. The van der Waals surface area contributed by atoms with Gasteiger partial charge in [0.1, 0.15) is 0 Å². The molecule has 0 rings (SSSR count). The molecule has 0 heterocycles. The Morgan fingerprint density at radius 3 is 2.58 bits per heavy atom. The summed E-state index contributed by atoms with van der Waals surface area (Å²) in [6.07, 6.45) is 0. The number of rotatable bonds is 5. The van der Waals surface area contributed by atoms with Crippen molar-refractivity contribution < 1.29 is 9.53 Å². The van der Waals surface area contributed by atoms with Crippen molar-refractivity contribution >= 4 is 5.91 Å². The molecule has 4 heteroatoms. The third-order valence-electron chi connectivity index (χ3n) is 1.49. The number of nitrogens with one attached hydrogen (secondary N) is 1. The van der Waals surface area contributed by atoms with Gasteiger partial charge in [-0.25, -0.2) is 0 Å². The molecule has 2 atom stereocenters. The minimum Gasteiger partial charge on any atom is -0.384 e. The summed E-state index contributed by atoms with van der Waals surface area (Å²) in [6, 6.07) is -0.431. The third-order valence-corrected chi connectivity index (χ3v) is 1.49. The summed E-state index contributed by atoms with van der Waals surface area (Å²) in [5.41, 5.74) is 5.35. The number of ether oxygens (including phenoxy) is 1. The van der Waals surface area contributed by atoms with Crippen molar-refractivity contribution in [2.75, 3.05) is 20.3 Å². The van der Waals surface area contributed by atoms with Crippen molar-refractivity contribution in [1.82, 2.24) is 5.32 Å². The molecular weight excluding hydrogens is 156 g/mol. The van der Waals surface area contributed by atoms with Gasteiger partial charge >= 0.3 is 0 Å². The molecule has 0 saturated heterocycles. The largest absolute Gasteiger partial charge is 0.384 e. The predicted molar refractivity (Wildman–Crippen MR) is 47.7 cm³/mol. The van der Waals surface area contributed by atoms with Crippen LogP contribution >= 0.6 is 0 Å². The molecule has 12 heavy (non-hydrogen) atoms. The van der Waals surface area contributed by atoms with Crippen LogP contribution in [-0.4, -0.2) is 32.2 Å². The average molecular weight is 174 g/mol. The summed E-state index contributed by atoms with van der Waals surface area (Å²) >= 11 is 0. The van der Waals surface area contributed by atoms with Gasteiger partial charge in [0.05, 0.1) is 12.6 Å². The zero-order chi connectivity index (χ0) is 9.56. The summed E-state index contributed by atoms with van der Waals surface area (Å²) < 4.78 is 4.91. The monoisotopic (exact) mass is 174 g/mol. The molecule has 3 N–H and O–H groups in total. The van der Waals surface area contributed by atoms with Crippen molar-refractivity contribution in [2.24, 2.45) is 11.7 Å². The van der Waals surface area contributed by atoms with Crippen molar-refractivity contribution in [2.45, 2.75) is 19.9 Å². The van der Waals surface area contributed by atoms with E-state index in [1.807, 2.05) is 6.92 Å². The smallest absolute Gasteiger partial charge is 0.236 e. The van der Waals surface area contributed by atoms with E-state index >= 15 is 0 Å². The maximum absolute atomic E-state index is 11.0. The highest BCUT2D eigenvalue weighted by atomic mass is 16.5.